The maximum atomic E-state index is 12.8. The molecule has 0 radical (unpaired) electrons. The molecule has 1 saturated heterocycles. The summed E-state index contributed by atoms with van der Waals surface area (Å²) < 4.78 is 9.04. The van der Waals surface area contributed by atoms with Crippen molar-refractivity contribution in [3.05, 3.63) is 36.9 Å². The van der Waals surface area contributed by atoms with E-state index in [1.807, 2.05) is 33.8 Å². The molecule has 0 N–H and O–H groups in total. The highest BCUT2D eigenvalue weighted by atomic mass is 79.9. The number of pyridine rings is 1. The first kappa shape index (κ1) is 20.6. The zero-order valence-corrected chi connectivity index (χ0v) is 18.4. The number of aromatic nitrogens is 3. The number of aryl methyl sites for hydroxylation is 2. The molecular formula is C19H25BrN4O4. The second-order valence-electron chi connectivity index (χ2n) is 8.14. The molecule has 3 rings (SSSR count). The normalized spacial score (nSPS) is 15.9. The van der Waals surface area contributed by atoms with Gasteiger partial charge in [-0.1, -0.05) is 0 Å². The van der Waals surface area contributed by atoms with Crippen LogP contribution in [0.3, 0.4) is 0 Å². The molecule has 1 aliphatic heterocycles. The van der Waals surface area contributed by atoms with Crippen LogP contribution in [0.1, 0.15) is 45.3 Å². The molecule has 152 valence electrons. The van der Waals surface area contributed by atoms with Gasteiger partial charge in [-0.25, -0.2) is 9.78 Å². The fourth-order valence-electron chi connectivity index (χ4n) is 3.41. The van der Waals surface area contributed by atoms with E-state index in [0.717, 1.165) is 10.2 Å². The van der Waals surface area contributed by atoms with Gasteiger partial charge >= 0.3 is 17.2 Å². The Bertz CT molecular complexity index is 1040. The van der Waals surface area contributed by atoms with Crippen molar-refractivity contribution < 1.29 is 9.53 Å². The van der Waals surface area contributed by atoms with Crippen LogP contribution in [0, 0.1) is 6.92 Å². The van der Waals surface area contributed by atoms with Crippen LogP contribution in [-0.4, -0.2) is 43.8 Å². The van der Waals surface area contributed by atoms with Crippen LogP contribution >= 0.6 is 15.9 Å². The Balaban J connectivity index is 1.95. The second kappa shape index (κ2) is 7.35. The van der Waals surface area contributed by atoms with Gasteiger partial charge in [0.2, 0.25) is 0 Å². The van der Waals surface area contributed by atoms with Gasteiger partial charge in [-0.3, -0.25) is 14.2 Å². The highest BCUT2D eigenvalue weighted by Gasteiger charge is 2.29. The van der Waals surface area contributed by atoms with Crippen LogP contribution in [0.4, 0.5) is 4.79 Å². The molecule has 0 spiro atoms. The fourth-order valence-corrected chi connectivity index (χ4v) is 3.71. The van der Waals surface area contributed by atoms with Gasteiger partial charge in [-0.15, -0.1) is 0 Å². The van der Waals surface area contributed by atoms with Gasteiger partial charge in [0.25, 0.3) is 0 Å². The molecule has 8 nitrogen and oxygen atoms in total. The van der Waals surface area contributed by atoms with Crippen molar-refractivity contribution in [2.45, 2.75) is 52.2 Å². The zero-order chi connectivity index (χ0) is 20.8. The first-order valence-corrected chi connectivity index (χ1v) is 10.0. The molecule has 0 unspecified atom stereocenters. The van der Waals surface area contributed by atoms with E-state index < -0.39 is 16.7 Å². The Morgan fingerprint density at radius 2 is 1.82 bits per heavy atom. The molecule has 28 heavy (non-hydrogen) atoms. The summed E-state index contributed by atoms with van der Waals surface area (Å²) in [5, 5.41) is 0. The number of halogens is 1. The number of hydrogen-bond acceptors (Lipinski definition) is 5. The molecule has 0 aromatic carbocycles. The Morgan fingerprint density at radius 1 is 1.21 bits per heavy atom. The number of ether oxygens (including phenoxy) is 1. The summed E-state index contributed by atoms with van der Waals surface area (Å²) in [6, 6.07) is 1.61. The van der Waals surface area contributed by atoms with E-state index in [1.165, 1.54) is 9.13 Å². The van der Waals surface area contributed by atoms with Crippen molar-refractivity contribution in [3.63, 3.8) is 0 Å². The number of carbonyl (C=O) groups excluding carboxylic acids is 1. The summed E-state index contributed by atoms with van der Waals surface area (Å²) in [6.07, 6.45) is 0.751. The van der Waals surface area contributed by atoms with Gasteiger partial charge in [0, 0.05) is 30.7 Å². The molecule has 1 aliphatic rings. The van der Waals surface area contributed by atoms with E-state index in [2.05, 4.69) is 20.9 Å². The number of hydrogen-bond donors (Lipinski definition) is 0. The highest BCUT2D eigenvalue weighted by Crippen LogP contribution is 2.26. The molecular weight excluding hydrogens is 428 g/mol. The number of nitrogens with zero attached hydrogens (tertiary/aromatic N) is 4. The summed E-state index contributed by atoms with van der Waals surface area (Å²) in [6.45, 7) is 8.24. The minimum atomic E-state index is -0.584. The monoisotopic (exact) mass is 452 g/mol. The molecule has 1 amide bonds. The summed E-state index contributed by atoms with van der Waals surface area (Å²) in [5.41, 5.74) is 0.104. The predicted molar refractivity (Wildman–Crippen MR) is 110 cm³/mol. The van der Waals surface area contributed by atoms with Crippen LogP contribution < -0.4 is 11.1 Å². The quantitative estimate of drug-likeness (QED) is 0.620. The van der Waals surface area contributed by atoms with Crippen molar-refractivity contribution in [1.29, 1.82) is 0 Å². The van der Waals surface area contributed by atoms with Gasteiger partial charge in [-0.05, 0) is 62.5 Å². The summed E-state index contributed by atoms with van der Waals surface area (Å²) >= 11 is 3.44. The van der Waals surface area contributed by atoms with Crippen LogP contribution in [0.25, 0.3) is 11.2 Å². The molecule has 2 aromatic rings. The molecule has 0 atom stereocenters. The van der Waals surface area contributed by atoms with Gasteiger partial charge in [0.05, 0.1) is 11.2 Å². The Labute approximate surface area is 171 Å². The third kappa shape index (κ3) is 3.85. The first-order valence-electron chi connectivity index (χ1n) is 9.26. The number of piperidine rings is 1. The molecule has 9 heteroatoms. The van der Waals surface area contributed by atoms with Crippen molar-refractivity contribution in [3.8, 4) is 0 Å². The number of likely N-dealkylation sites (tertiary alicyclic amines) is 1. The van der Waals surface area contributed by atoms with Crippen molar-refractivity contribution in [1.82, 2.24) is 19.0 Å². The molecule has 0 saturated carbocycles. The van der Waals surface area contributed by atoms with Crippen molar-refractivity contribution >= 4 is 33.2 Å². The van der Waals surface area contributed by atoms with Crippen molar-refractivity contribution in [2.75, 3.05) is 13.1 Å². The third-order valence-electron chi connectivity index (χ3n) is 4.89. The second-order valence-corrected chi connectivity index (χ2v) is 8.99. The lowest BCUT2D eigenvalue weighted by atomic mass is 10.0. The molecule has 0 aliphatic carbocycles. The first-order chi connectivity index (χ1) is 13.0. The van der Waals surface area contributed by atoms with E-state index in [9.17, 15) is 14.4 Å². The minimum absolute atomic E-state index is 0.198. The summed E-state index contributed by atoms with van der Waals surface area (Å²) in [7, 11) is 1.57. The van der Waals surface area contributed by atoms with Crippen LogP contribution in [-0.2, 0) is 11.8 Å². The average molecular weight is 453 g/mol. The van der Waals surface area contributed by atoms with E-state index >= 15 is 0 Å². The number of amides is 1. The summed E-state index contributed by atoms with van der Waals surface area (Å²) in [4.78, 5) is 43.7. The van der Waals surface area contributed by atoms with Gasteiger partial charge in [0.15, 0.2) is 5.65 Å². The van der Waals surface area contributed by atoms with Gasteiger partial charge < -0.3 is 14.2 Å². The van der Waals surface area contributed by atoms with E-state index in [1.54, 1.807) is 11.9 Å². The minimum Gasteiger partial charge on any atom is -0.444 e. The lowest BCUT2D eigenvalue weighted by Gasteiger charge is -2.34. The highest BCUT2D eigenvalue weighted by molar-refractivity contribution is 9.10. The number of carbonyl (C=O) groups is 1. The van der Waals surface area contributed by atoms with E-state index in [-0.39, 0.29) is 12.1 Å². The predicted octanol–water partition coefficient (Wildman–Crippen LogP) is 2.74. The van der Waals surface area contributed by atoms with Crippen LogP contribution in [0.5, 0.6) is 0 Å². The lowest BCUT2D eigenvalue weighted by molar-refractivity contribution is 0.0188. The SMILES string of the molecule is Cc1nc2c(cc1Br)n(C)c(=O)c(=O)n2C1CCN(C(=O)OC(C)(C)C)CC1. The lowest BCUT2D eigenvalue weighted by Crippen LogP contribution is -2.46. The Kier molecular flexibility index (Phi) is 5.40. The third-order valence-corrected chi connectivity index (χ3v) is 5.69. The Morgan fingerprint density at radius 3 is 2.39 bits per heavy atom. The Hall–Kier alpha value is -2.16. The fraction of sp³-hybridized carbons (Fsp3) is 0.579. The maximum absolute atomic E-state index is 12.8. The number of fused-ring (bicyclic) bond motifs is 1. The van der Waals surface area contributed by atoms with Crippen molar-refractivity contribution in [2.24, 2.45) is 7.05 Å². The van der Waals surface area contributed by atoms with E-state index in [4.69, 9.17) is 4.74 Å². The topological polar surface area (TPSA) is 86.4 Å². The largest absolute Gasteiger partial charge is 0.444 e. The molecule has 1 fully saturated rings. The van der Waals surface area contributed by atoms with Gasteiger partial charge in [-0.2, -0.15) is 0 Å². The maximum Gasteiger partial charge on any atom is 0.410 e. The molecule has 2 aromatic heterocycles. The average Bonchev–Trinajstić information content (AvgIpc) is 2.61. The summed E-state index contributed by atoms with van der Waals surface area (Å²) in [5.74, 6) is 0. The molecule has 0 bridgehead atoms. The van der Waals surface area contributed by atoms with Gasteiger partial charge in [0.1, 0.15) is 5.60 Å². The standard InChI is InChI=1S/C19H25BrN4O4/c1-11-13(20)10-14-15(21-11)24(17(26)16(25)22(14)5)12-6-8-23(9-7-12)18(27)28-19(2,3)4/h10,12H,6-9H2,1-5H3. The smallest absolute Gasteiger partial charge is 0.410 e. The zero-order valence-electron chi connectivity index (χ0n) is 16.8. The van der Waals surface area contributed by atoms with E-state index in [0.29, 0.717) is 37.1 Å². The van der Waals surface area contributed by atoms with Crippen LogP contribution in [0.2, 0.25) is 0 Å². The number of rotatable bonds is 1. The molecule has 3 heterocycles. The van der Waals surface area contributed by atoms with Crippen LogP contribution in [0.15, 0.2) is 20.1 Å².